The Bertz CT molecular complexity index is 140. The van der Waals surface area contributed by atoms with Crippen molar-refractivity contribution in [1.29, 1.82) is 0 Å². The van der Waals surface area contributed by atoms with Crippen LogP contribution in [0.1, 0.15) is 0 Å². The molecule has 39 valence electrons. The van der Waals surface area contributed by atoms with Gasteiger partial charge in [0.05, 0.1) is 5.69 Å². The van der Waals surface area contributed by atoms with Crippen LogP contribution in [-0.2, 0) is 0 Å². The Morgan fingerprint density at radius 2 is 2.25 bits per heavy atom. The van der Waals surface area contributed by atoms with E-state index in [9.17, 15) is 0 Å². The average Bonchev–Trinajstić information content (AvgIpc) is 1.69. The summed E-state index contributed by atoms with van der Waals surface area (Å²) in [6, 6.07) is 3.60. The standard InChI is InChI=1S/C5H6N2.B/c6-5-2-1-3-7-4-5;/h1-4H,6H2;. The molecule has 0 saturated carbocycles. The molecule has 0 aliphatic heterocycles. The molecule has 0 spiro atoms. The summed E-state index contributed by atoms with van der Waals surface area (Å²) in [6.45, 7) is 0. The van der Waals surface area contributed by atoms with Gasteiger partial charge in [0.25, 0.3) is 0 Å². The minimum absolute atomic E-state index is 0. The summed E-state index contributed by atoms with van der Waals surface area (Å²) < 4.78 is 0. The number of anilines is 1. The van der Waals surface area contributed by atoms with Crippen LogP contribution in [0.5, 0.6) is 0 Å². The molecule has 0 unspecified atom stereocenters. The van der Waals surface area contributed by atoms with Gasteiger partial charge >= 0.3 is 0 Å². The first-order chi connectivity index (χ1) is 3.39. The number of hydrogen-bond donors (Lipinski definition) is 1. The van der Waals surface area contributed by atoms with Gasteiger partial charge in [0.15, 0.2) is 0 Å². The van der Waals surface area contributed by atoms with Crippen molar-refractivity contribution in [2.45, 2.75) is 0 Å². The Kier molecular flexibility index (Phi) is 2.70. The van der Waals surface area contributed by atoms with Gasteiger partial charge in [0.2, 0.25) is 0 Å². The highest BCUT2D eigenvalue weighted by Gasteiger charge is 1.73. The molecule has 0 saturated heterocycles. The minimum Gasteiger partial charge on any atom is -0.397 e. The second-order valence-corrected chi connectivity index (χ2v) is 1.29. The van der Waals surface area contributed by atoms with Crippen molar-refractivity contribution < 1.29 is 0 Å². The Labute approximate surface area is 50.3 Å². The summed E-state index contributed by atoms with van der Waals surface area (Å²) in [7, 11) is 0. The van der Waals surface area contributed by atoms with E-state index in [2.05, 4.69) is 4.98 Å². The molecule has 0 bridgehead atoms. The number of aromatic nitrogens is 1. The van der Waals surface area contributed by atoms with Gasteiger partial charge in [-0.2, -0.15) is 0 Å². The van der Waals surface area contributed by atoms with E-state index in [-0.39, 0.29) is 8.41 Å². The van der Waals surface area contributed by atoms with Crippen molar-refractivity contribution in [3.63, 3.8) is 0 Å². The second-order valence-electron chi connectivity index (χ2n) is 1.29. The lowest BCUT2D eigenvalue weighted by Gasteiger charge is -1.83. The van der Waals surface area contributed by atoms with Crippen LogP contribution < -0.4 is 5.73 Å². The summed E-state index contributed by atoms with van der Waals surface area (Å²) in [5.41, 5.74) is 6.01. The van der Waals surface area contributed by atoms with Gasteiger partial charge in [-0.25, -0.2) is 0 Å². The molecular formula is C5H6BN2. The van der Waals surface area contributed by atoms with Crippen molar-refractivity contribution in [3.8, 4) is 0 Å². The summed E-state index contributed by atoms with van der Waals surface area (Å²) in [4.78, 5) is 3.76. The van der Waals surface area contributed by atoms with E-state index in [0.29, 0.717) is 5.69 Å². The van der Waals surface area contributed by atoms with Crippen molar-refractivity contribution in [3.05, 3.63) is 24.5 Å². The highest BCUT2D eigenvalue weighted by atomic mass is 14.7. The van der Waals surface area contributed by atoms with Crippen LogP contribution in [-0.4, -0.2) is 13.4 Å². The monoisotopic (exact) mass is 105 g/mol. The fraction of sp³-hybridized carbons (Fsp3) is 0. The van der Waals surface area contributed by atoms with Crippen molar-refractivity contribution in [1.82, 2.24) is 4.98 Å². The molecule has 3 heteroatoms. The van der Waals surface area contributed by atoms with Crippen LogP contribution in [0.4, 0.5) is 5.69 Å². The van der Waals surface area contributed by atoms with Crippen LogP contribution in [0.3, 0.4) is 0 Å². The maximum Gasteiger partial charge on any atom is 0.0500 e. The van der Waals surface area contributed by atoms with Gasteiger partial charge in [0, 0.05) is 20.8 Å². The maximum absolute atomic E-state index is 5.30. The molecule has 2 N–H and O–H groups in total. The smallest absolute Gasteiger partial charge is 0.0500 e. The summed E-state index contributed by atoms with van der Waals surface area (Å²) in [5, 5.41) is 0. The first-order valence-corrected chi connectivity index (χ1v) is 2.05. The molecule has 8 heavy (non-hydrogen) atoms. The highest BCUT2D eigenvalue weighted by molar-refractivity contribution is 5.75. The highest BCUT2D eigenvalue weighted by Crippen LogP contribution is 1.92. The Balaban J connectivity index is 0.000000490. The molecule has 0 atom stereocenters. The van der Waals surface area contributed by atoms with Crippen LogP contribution in [0.15, 0.2) is 24.5 Å². The van der Waals surface area contributed by atoms with E-state index < -0.39 is 0 Å². The lowest BCUT2D eigenvalue weighted by atomic mass is 10.4. The molecular weight excluding hydrogens is 98.9 g/mol. The molecule has 1 aromatic heterocycles. The van der Waals surface area contributed by atoms with E-state index in [1.807, 2.05) is 0 Å². The quantitative estimate of drug-likeness (QED) is 0.481. The second kappa shape index (κ2) is 3.07. The summed E-state index contributed by atoms with van der Waals surface area (Å²) in [6.07, 6.45) is 3.30. The van der Waals surface area contributed by atoms with Crippen LogP contribution in [0, 0.1) is 0 Å². The molecule has 2 nitrogen and oxygen atoms in total. The van der Waals surface area contributed by atoms with Crippen molar-refractivity contribution in [2.75, 3.05) is 5.73 Å². The molecule has 3 radical (unpaired) electrons. The number of nitrogens with zero attached hydrogens (tertiary/aromatic N) is 1. The third kappa shape index (κ3) is 1.64. The topological polar surface area (TPSA) is 38.9 Å². The number of rotatable bonds is 0. The Morgan fingerprint density at radius 3 is 2.50 bits per heavy atom. The lowest BCUT2D eigenvalue weighted by molar-refractivity contribution is 1.33. The SMILES string of the molecule is Nc1cccnc1.[B]. The molecule has 1 rings (SSSR count). The first-order valence-electron chi connectivity index (χ1n) is 2.05. The number of hydrogen-bond acceptors (Lipinski definition) is 2. The number of nitrogens with two attached hydrogens (primary N) is 1. The van der Waals surface area contributed by atoms with Crippen LogP contribution >= 0.6 is 0 Å². The largest absolute Gasteiger partial charge is 0.397 e. The summed E-state index contributed by atoms with van der Waals surface area (Å²) in [5.74, 6) is 0. The van der Waals surface area contributed by atoms with Crippen molar-refractivity contribution >= 4 is 14.1 Å². The molecule has 0 aliphatic carbocycles. The van der Waals surface area contributed by atoms with Crippen molar-refractivity contribution in [2.24, 2.45) is 0 Å². The number of pyridine rings is 1. The third-order valence-corrected chi connectivity index (χ3v) is 0.684. The average molecular weight is 105 g/mol. The van der Waals surface area contributed by atoms with Gasteiger partial charge in [-0.15, -0.1) is 0 Å². The van der Waals surface area contributed by atoms with Gasteiger partial charge in [-0.3, -0.25) is 4.98 Å². The normalized spacial score (nSPS) is 7.50. The third-order valence-electron chi connectivity index (χ3n) is 0.684. The zero-order chi connectivity index (χ0) is 5.11. The lowest BCUT2D eigenvalue weighted by Crippen LogP contribution is -1.82. The molecule has 0 aliphatic rings. The maximum atomic E-state index is 5.30. The van der Waals surface area contributed by atoms with Crippen LogP contribution in [0.25, 0.3) is 0 Å². The zero-order valence-corrected chi connectivity index (χ0v) is 4.41. The Morgan fingerprint density at radius 1 is 1.50 bits per heavy atom. The van der Waals surface area contributed by atoms with Gasteiger partial charge in [0.1, 0.15) is 0 Å². The van der Waals surface area contributed by atoms with E-state index >= 15 is 0 Å². The van der Waals surface area contributed by atoms with E-state index in [0.717, 1.165) is 0 Å². The molecule has 0 aromatic carbocycles. The summed E-state index contributed by atoms with van der Waals surface area (Å²) >= 11 is 0. The van der Waals surface area contributed by atoms with E-state index in [1.54, 1.807) is 24.5 Å². The first kappa shape index (κ1) is 7.01. The van der Waals surface area contributed by atoms with Gasteiger partial charge in [-0.1, -0.05) is 0 Å². The predicted octanol–water partition coefficient (Wildman–Crippen LogP) is 0.283. The predicted molar refractivity (Wildman–Crippen MR) is 34.4 cm³/mol. The minimum atomic E-state index is 0. The van der Waals surface area contributed by atoms with Gasteiger partial charge in [-0.05, 0) is 12.1 Å². The molecule has 0 fully saturated rings. The van der Waals surface area contributed by atoms with Crippen LogP contribution in [0.2, 0.25) is 0 Å². The number of nitrogen functional groups attached to an aromatic ring is 1. The molecule has 1 heterocycles. The van der Waals surface area contributed by atoms with Gasteiger partial charge < -0.3 is 5.73 Å². The molecule has 1 aromatic rings. The van der Waals surface area contributed by atoms with E-state index in [4.69, 9.17) is 5.73 Å². The fourth-order valence-electron chi connectivity index (χ4n) is 0.376. The zero-order valence-electron chi connectivity index (χ0n) is 4.41. The van der Waals surface area contributed by atoms with E-state index in [1.165, 1.54) is 0 Å². The molecule has 0 amide bonds. The Hall–Kier alpha value is -0.985. The fourth-order valence-corrected chi connectivity index (χ4v) is 0.376.